The molecule has 1 atom stereocenters. The van der Waals surface area contributed by atoms with Gasteiger partial charge in [0.05, 0.1) is 17.9 Å². The quantitative estimate of drug-likeness (QED) is 0.471. The standard InChI is InChI=1S/C25H27F2N5O3/c1-14(2)30-24(33)13-35-20-7-17(6-19(26)9-20)15(3)31-25(34)32-5-4-16-8-21(18-11-28-29-12-18)22(27)10-23(16)32/h6-12,14-15H,4-5,13H2,1-3H3,(H,28,29)(H,30,33)(H,31,34)/t15-/m1/s1. The van der Waals surface area contributed by atoms with Gasteiger partial charge in [-0.25, -0.2) is 13.6 Å². The van der Waals surface area contributed by atoms with E-state index in [9.17, 15) is 18.4 Å². The van der Waals surface area contributed by atoms with Crippen molar-refractivity contribution in [2.24, 2.45) is 0 Å². The molecule has 8 nitrogen and oxygen atoms in total. The van der Waals surface area contributed by atoms with E-state index in [-0.39, 0.29) is 24.3 Å². The fourth-order valence-electron chi connectivity index (χ4n) is 4.02. The van der Waals surface area contributed by atoms with E-state index in [1.165, 1.54) is 23.1 Å². The van der Waals surface area contributed by atoms with Crippen LogP contribution >= 0.6 is 0 Å². The van der Waals surface area contributed by atoms with Crippen LogP contribution in [0.5, 0.6) is 5.75 Å². The lowest BCUT2D eigenvalue weighted by Crippen LogP contribution is -2.40. The van der Waals surface area contributed by atoms with Crippen molar-refractivity contribution in [3.63, 3.8) is 0 Å². The first kappa shape index (κ1) is 24.2. The molecule has 35 heavy (non-hydrogen) atoms. The molecule has 3 N–H and O–H groups in total. The molecule has 0 radical (unpaired) electrons. The van der Waals surface area contributed by atoms with Gasteiger partial charge in [0.2, 0.25) is 0 Å². The summed E-state index contributed by atoms with van der Waals surface area (Å²) in [7, 11) is 0. The first-order chi connectivity index (χ1) is 16.7. The molecule has 2 heterocycles. The predicted molar refractivity (Wildman–Crippen MR) is 127 cm³/mol. The molecule has 2 aromatic carbocycles. The molecule has 1 aliphatic heterocycles. The number of amides is 3. The van der Waals surface area contributed by atoms with Crippen LogP contribution < -0.4 is 20.3 Å². The van der Waals surface area contributed by atoms with Gasteiger partial charge in [0, 0.05) is 36.0 Å². The minimum absolute atomic E-state index is 0.0363. The minimum Gasteiger partial charge on any atom is -0.484 e. The molecular weight excluding hydrogens is 456 g/mol. The highest BCUT2D eigenvalue weighted by atomic mass is 19.1. The lowest BCUT2D eigenvalue weighted by atomic mass is 10.0. The second-order valence-electron chi connectivity index (χ2n) is 8.75. The lowest BCUT2D eigenvalue weighted by molar-refractivity contribution is -0.123. The first-order valence-electron chi connectivity index (χ1n) is 11.3. The summed E-state index contributed by atoms with van der Waals surface area (Å²) in [4.78, 5) is 26.3. The average molecular weight is 484 g/mol. The highest BCUT2D eigenvalue weighted by molar-refractivity contribution is 5.95. The Bertz CT molecular complexity index is 1230. The van der Waals surface area contributed by atoms with E-state index < -0.39 is 23.7 Å². The molecule has 0 saturated heterocycles. The van der Waals surface area contributed by atoms with Crippen LogP contribution in [0.2, 0.25) is 0 Å². The van der Waals surface area contributed by atoms with E-state index in [2.05, 4.69) is 20.8 Å². The Kier molecular flexibility index (Phi) is 6.99. The third-order valence-corrected chi connectivity index (χ3v) is 5.67. The van der Waals surface area contributed by atoms with Crippen molar-refractivity contribution >= 4 is 17.6 Å². The number of aromatic amines is 1. The molecule has 10 heteroatoms. The Morgan fingerprint density at radius 1 is 1.14 bits per heavy atom. The van der Waals surface area contributed by atoms with Crippen LogP contribution in [0, 0.1) is 11.6 Å². The fourth-order valence-corrected chi connectivity index (χ4v) is 4.02. The van der Waals surface area contributed by atoms with Gasteiger partial charge in [-0.2, -0.15) is 5.10 Å². The van der Waals surface area contributed by atoms with Gasteiger partial charge in [-0.1, -0.05) is 0 Å². The molecule has 0 unspecified atom stereocenters. The summed E-state index contributed by atoms with van der Waals surface area (Å²) in [6.45, 7) is 5.51. The van der Waals surface area contributed by atoms with Gasteiger partial charge in [0.1, 0.15) is 17.4 Å². The zero-order valence-corrected chi connectivity index (χ0v) is 19.7. The number of aromatic nitrogens is 2. The lowest BCUT2D eigenvalue weighted by Gasteiger charge is -2.22. The molecule has 184 valence electrons. The largest absolute Gasteiger partial charge is 0.484 e. The van der Waals surface area contributed by atoms with Gasteiger partial charge in [0.15, 0.2) is 6.61 Å². The number of halogens is 2. The Hall–Kier alpha value is -3.95. The highest BCUT2D eigenvalue weighted by Gasteiger charge is 2.28. The van der Waals surface area contributed by atoms with Gasteiger partial charge in [-0.05, 0) is 62.6 Å². The molecule has 0 fully saturated rings. The molecule has 0 saturated carbocycles. The van der Waals surface area contributed by atoms with Crippen molar-refractivity contribution in [3.8, 4) is 16.9 Å². The maximum absolute atomic E-state index is 14.8. The Labute approximate surface area is 201 Å². The van der Waals surface area contributed by atoms with Crippen molar-refractivity contribution in [2.75, 3.05) is 18.1 Å². The van der Waals surface area contributed by atoms with E-state index in [4.69, 9.17) is 4.74 Å². The van der Waals surface area contributed by atoms with Crippen LogP contribution in [0.15, 0.2) is 42.7 Å². The summed E-state index contributed by atoms with van der Waals surface area (Å²) < 4.78 is 34.4. The van der Waals surface area contributed by atoms with Gasteiger partial charge >= 0.3 is 6.03 Å². The van der Waals surface area contributed by atoms with Crippen molar-refractivity contribution < 1.29 is 23.1 Å². The van der Waals surface area contributed by atoms with Gasteiger partial charge < -0.3 is 15.4 Å². The van der Waals surface area contributed by atoms with Crippen molar-refractivity contribution in [1.29, 1.82) is 0 Å². The number of ether oxygens (including phenoxy) is 1. The number of benzene rings is 2. The summed E-state index contributed by atoms with van der Waals surface area (Å²) in [6, 6.07) is 6.11. The average Bonchev–Trinajstić information content (AvgIpc) is 3.46. The Morgan fingerprint density at radius 2 is 1.94 bits per heavy atom. The van der Waals surface area contributed by atoms with E-state index >= 15 is 0 Å². The molecule has 4 rings (SSSR count). The normalized spacial score (nSPS) is 13.5. The summed E-state index contributed by atoms with van der Waals surface area (Å²) in [5.74, 6) is -1.14. The van der Waals surface area contributed by atoms with Crippen molar-refractivity contribution in [2.45, 2.75) is 39.3 Å². The zero-order valence-electron chi connectivity index (χ0n) is 19.7. The van der Waals surface area contributed by atoms with Gasteiger partial charge in [-0.3, -0.25) is 14.8 Å². The topological polar surface area (TPSA) is 99.3 Å². The molecule has 1 aliphatic rings. The van der Waals surface area contributed by atoms with Crippen LogP contribution in [0.4, 0.5) is 19.3 Å². The summed E-state index contributed by atoms with van der Waals surface area (Å²) in [6.07, 6.45) is 3.73. The first-order valence-corrected chi connectivity index (χ1v) is 11.3. The molecule has 0 aliphatic carbocycles. The second kappa shape index (κ2) is 10.1. The van der Waals surface area contributed by atoms with Crippen LogP contribution in [0.25, 0.3) is 11.1 Å². The van der Waals surface area contributed by atoms with E-state index in [1.807, 2.05) is 13.8 Å². The summed E-state index contributed by atoms with van der Waals surface area (Å²) >= 11 is 0. The van der Waals surface area contributed by atoms with Gasteiger partial charge in [0.25, 0.3) is 5.91 Å². The fraction of sp³-hybridized carbons (Fsp3) is 0.320. The zero-order chi connectivity index (χ0) is 25.1. The Morgan fingerprint density at radius 3 is 2.66 bits per heavy atom. The van der Waals surface area contributed by atoms with E-state index in [0.29, 0.717) is 35.3 Å². The number of carbonyl (C=O) groups excluding carboxylic acids is 2. The molecule has 3 amide bonds. The summed E-state index contributed by atoms with van der Waals surface area (Å²) in [5.41, 5.74) is 2.87. The number of hydrogen-bond acceptors (Lipinski definition) is 4. The smallest absolute Gasteiger partial charge is 0.322 e. The van der Waals surface area contributed by atoms with E-state index in [0.717, 1.165) is 5.56 Å². The maximum Gasteiger partial charge on any atom is 0.322 e. The number of nitrogens with zero attached hydrogens (tertiary/aromatic N) is 2. The summed E-state index contributed by atoms with van der Waals surface area (Å²) in [5, 5.41) is 12.1. The predicted octanol–water partition coefficient (Wildman–Crippen LogP) is 4.09. The number of carbonyl (C=O) groups is 2. The van der Waals surface area contributed by atoms with Crippen molar-refractivity contribution in [1.82, 2.24) is 20.8 Å². The van der Waals surface area contributed by atoms with Crippen LogP contribution in [0.3, 0.4) is 0 Å². The van der Waals surface area contributed by atoms with Gasteiger partial charge in [-0.15, -0.1) is 0 Å². The number of H-pyrrole nitrogens is 1. The number of hydrogen-bond donors (Lipinski definition) is 3. The minimum atomic E-state index is -0.566. The second-order valence-corrected chi connectivity index (χ2v) is 8.75. The SMILES string of the molecule is CC(C)NC(=O)COc1cc(F)cc([C@@H](C)NC(=O)N2CCc3cc(-c4cn[nH]c4)c(F)cc32)c1. The maximum atomic E-state index is 14.8. The molecule has 0 spiro atoms. The Balaban J connectivity index is 1.44. The molecular formula is C25H27F2N5O3. The van der Waals surface area contributed by atoms with Crippen LogP contribution in [-0.2, 0) is 11.2 Å². The van der Waals surface area contributed by atoms with E-state index in [1.54, 1.807) is 31.5 Å². The number of urea groups is 1. The molecule has 0 bridgehead atoms. The number of rotatable bonds is 7. The number of nitrogens with one attached hydrogen (secondary N) is 3. The van der Waals surface area contributed by atoms with Crippen molar-refractivity contribution in [3.05, 3.63) is 65.5 Å². The van der Waals surface area contributed by atoms with Crippen LogP contribution in [-0.4, -0.2) is 41.3 Å². The third kappa shape index (κ3) is 5.59. The molecule has 3 aromatic rings. The highest BCUT2D eigenvalue weighted by Crippen LogP contribution is 2.34. The molecule has 1 aromatic heterocycles. The van der Waals surface area contributed by atoms with Crippen LogP contribution in [0.1, 0.15) is 37.9 Å². The number of anilines is 1. The number of fused-ring (bicyclic) bond motifs is 1. The monoisotopic (exact) mass is 483 g/mol. The third-order valence-electron chi connectivity index (χ3n) is 5.67.